The number of hydrogen-bond acceptors (Lipinski definition) is 3. The van der Waals surface area contributed by atoms with Crippen molar-refractivity contribution in [2.45, 2.75) is 56.2 Å². The van der Waals surface area contributed by atoms with E-state index in [4.69, 9.17) is 18.0 Å². The molecule has 1 rings (SSSR count). The second kappa shape index (κ2) is 6.21. The number of hydrogen-bond donors (Lipinski definition) is 2. The van der Waals surface area contributed by atoms with Crippen LogP contribution in [-0.2, 0) is 10.0 Å². The topological polar surface area (TPSA) is 72.2 Å². The molecule has 0 heterocycles. The molecule has 0 radical (unpaired) electrons. The number of alkyl halides is 2. The Balaban J connectivity index is 2.95. The second-order valence-corrected chi connectivity index (χ2v) is 6.71. The van der Waals surface area contributed by atoms with Crippen molar-refractivity contribution < 1.29 is 17.2 Å². The lowest BCUT2D eigenvalue weighted by molar-refractivity contribution is 0.228. The van der Waals surface area contributed by atoms with Gasteiger partial charge in [-0.15, -0.1) is 0 Å². The lowest BCUT2D eigenvalue weighted by Crippen LogP contribution is -2.57. The maximum Gasteiger partial charge on any atom is 0.350 e. The fourth-order valence-corrected chi connectivity index (χ4v) is 3.49. The van der Waals surface area contributed by atoms with Crippen LogP contribution in [0.15, 0.2) is 0 Å². The second-order valence-electron chi connectivity index (χ2n) is 4.62. The first kappa shape index (κ1) is 15.7. The van der Waals surface area contributed by atoms with Crippen molar-refractivity contribution in [2.24, 2.45) is 5.73 Å². The Morgan fingerprint density at radius 3 is 2.00 bits per heavy atom. The quantitative estimate of drug-likeness (QED) is 0.778. The Labute approximate surface area is 111 Å². The molecule has 18 heavy (non-hydrogen) atoms. The van der Waals surface area contributed by atoms with Gasteiger partial charge in [0.2, 0.25) is 0 Å². The highest BCUT2D eigenvalue weighted by Crippen LogP contribution is 2.28. The van der Waals surface area contributed by atoms with Crippen molar-refractivity contribution in [2.75, 3.05) is 0 Å². The molecule has 1 aliphatic rings. The van der Waals surface area contributed by atoms with Crippen molar-refractivity contribution in [3.05, 3.63) is 0 Å². The van der Waals surface area contributed by atoms with Gasteiger partial charge < -0.3 is 5.73 Å². The van der Waals surface area contributed by atoms with Gasteiger partial charge in [0.15, 0.2) is 0 Å². The Kier molecular flexibility index (Phi) is 5.42. The molecule has 0 saturated heterocycles. The van der Waals surface area contributed by atoms with Gasteiger partial charge in [-0.3, -0.25) is 0 Å². The zero-order valence-corrected chi connectivity index (χ0v) is 11.6. The smallest absolute Gasteiger partial charge is 0.350 e. The molecule has 0 spiro atoms. The summed E-state index contributed by atoms with van der Waals surface area (Å²) in [5.41, 5.74) is 4.40. The van der Waals surface area contributed by atoms with E-state index in [2.05, 4.69) is 0 Å². The number of nitrogens with one attached hydrogen (secondary N) is 1. The highest BCUT2D eigenvalue weighted by Gasteiger charge is 2.40. The zero-order chi connectivity index (χ0) is 13.8. The van der Waals surface area contributed by atoms with Crippen molar-refractivity contribution >= 4 is 27.2 Å². The summed E-state index contributed by atoms with van der Waals surface area (Å²) in [4.78, 5) is -0.0476. The summed E-state index contributed by atoms with van der Waals surface area (Å²) >= 11 is 4.89. The summed E-state index contributed by atoms with van der Waals surface area (Å²) in [5, 5.41) is 0. The Hall–Kier alpha value is -0.340. The van der Waals surface area contributed by atoms with Gasteiger partial charge in [-0.2, -0.15) is 13.5 Å². The third kappa shape index (κ3) is 3.83. The number of rotatable bonds is 4. The first-order valence-corrected chi connectivity index (χ1v) is 7.86. The monoisotopic (exact) mass is 300 g/mol. The average molecular weight is 300 g/mol. The first-order chi connectivity index (χ1) is 8.30. The van der Waals surface area contributed by atoms with Gasteiger partial charge in [0.25, 0.3) is 10.0 Å². The summed E-state index contributed by atoms with van der Waals surface area (Å²) in [6.45, 7) is 0. The minimum Gasteiger partial charge on any atom is -0.392 e. The van der Waals surface area contributed by atoms with Gasteiger partial charge in [0.1, 0.15) is 0 Å². The van der Waals surface area contributed by atoms with Crippen molar-refractivity contribution in [1.29, 1.82) is 0 Å². The van der Waals surface area contributed by atoms with E-state index in [-0.39, 0.29) is 4.99 Å². The third-order valence-corrected chi connectivity index (χ3v) is 4.79. The lowest BCUT2D eigenvalue weighted by Gasteiger charge is -2.34. The Bertz CT molecular complexity index is 391. The lowest BCUT2D eigenvalue weighted by atomic mass is 9.85. The molecule has 0 aromatic carbocycles. The molecule has 0 bridgehead atoms. The number of thiocarbonyl (C=S) groups is 1. The molecule has 1 fully saturated rings. The van der Waals surface area contributed by atoms with Crippen LogP contribution in [0.3, 0.4) is 0 Å². The van der Waals surface area contributed by atoms with Gasteiger partial charge in [-0.1, -0.05) is 44.3 Å². The molecule has 0 atom stereocenters. The van der Waals surface area contributed by atoms with Crippen LogP contribution in [0, 0.1) is 0 Å². The van der Waals surface area contributed by atoms with Crippen LogP contribution in [0.1, 0.15) is 44.9 Å². The molecule has 1 saturated carbocycles. The molecule has 0 aromatic rings. The predicted molar refractivity (Wildman–Crippen MR) is 69.9 cm³/mol. The summed E-state index contributed by atoms with van der Waals surface area (Å²) in [5.74, 6) is -3.46. The maximum absolute atomic E-state index is 12.4. The summed E-state index contributed by atoms with van der Waals surface area (Å²) < 4.78 is 49.6. The molecule has 8 heteroatoms. The summed E-state index contributed by atoms with van der Waals surface area (Å²) in [6, 6.07) is 0. The van der Waals surface area contributed by atoms with Crippen LogP contribution in [0.25, 0.3) is 0 Å². The first-order valence-electron chi connectivity index (χ1n) is 5.91. The van der Waals surface area contributed by atoms with Crippen LogP contribution in [0.4, 0.5) is 8.78 Å². The molecule has 4 nitrogen and oxygen atoms in total. The largest absolute Gasteiger partial charge is 0.392 e. The Morgan fingerprint density at radius 1 is 1.17 bits per heavy atom. The van der Waals surface area contributed by atoms with Crippen LogP contribution in [0.5, 0.6) is 0 Å². The standard InChI is InChI=1S/C10H18F2N2O2S2/c11-9(12)18(15,16)14-10(8(13)17)6-4-2-1-3-5-7-10/h9,14H,1-7H2,(H2,13,17). The van der Waals surface area contributed by atoms with Crippen molar-refractivity contribution in [1.82, 2.24) is 4.72 Å². The minimum atomic E-state index is -4.68. The highest BCUT2D eigenvalue weighted by molar-refractivity contribution is 7.90. The number of nitrogens with two attached hydrogens (primary N) is 1. The van der Waals surface area contributed by atoms with Gasteiger partial charge in [-0.05, 0) is 12.8 Å². The molecular formula is C10H18F2N2O2S2. The van der Waals surface area contributed by atoms with Gasteiger partial charge in [0, 0.05) is 0 Å². The van der Waals surface area contributed by atoms with Gasteiger partial charge in [-0.25, -0.2) is 8.42 Å². The van der Waals surface area contributed by atoms with E-state index in [0.29, 0.717) is 12.8 Å². The van der Waals surface area contributed by atoms with E-state index in [1.165, 1.54) is 0 Å². The molecule has 1 aliphatic carbocycles. The van der Waals surface area contributed by atoms with E-state index < -0.39 is 21.3 Å². The molecule has 0 amide bonds. The Morgan fingerprint density at radius 2 is 1.61 bits per heavy atom. The van der Waals surface area contributed by atoms with Crippen LogP contribution >= 0.6 is 12.2 Å². The van der Waals surface area contributed by atoms with E-state index >= 15 is 0 Å². The molecule has 0 aromatic heterocycles. The van der Waals surface area contributed by atoms with Crippen LogP contribution < -0.4 is 10.5 Å². The van der Waals surface area contributed by atoms with E-state index in [0.717, 1.165) is 32.1 Å². The third-order valence-electron chi connectivity index (χ3n) is 3.25. The van der Waals surface area contributed by atoms with E-state index in [9.17, 15) is 17.2 Å². The van der Waals surface area contributed by atoms with Crippen LogP contribution in [0.2, 0.25) is 0 Å². The van der Waals surface area contributed by atoms with Crippen LogP contribution in [-0.4, -0.2) is 24.7 Å². The minimum absolute atomic E-state index is 0.0476. The average Bonchev–Trinajstić information content (AvgIpc) is 2.21. The normalized spacial score (nSPS) is 21.3. The van der Waals surface area contributed by atoms with E-state index in [1.807, 2.05) is 4.72 Å². The molecule has 3 N–H and O–H groups in total. The van der Waals surface area contributed by atoms with E-state index in [1.54, 1.807) is 0 Å². The molecule has 106 valence electrons. The fourth-order valence-electron chi connectivity index (χ4n) is 2.22. The number of halogens is 2. The highest BCUT2D eigenvalue weighted by atomic mass is 32.2. The fraction of sp³-hybridized carbons (Fsp3) is 0.900. The molecular weight excluding hydrogens is 282 g/mol. The summed E-state index contributed by atoms with van der Waals surface area (Å²) in [6.07, 6.45) is 5.14. The van der Waals surface area contributed by atoms with Crippen molar-refractivity contribution in [3.8, 4) is 0 Å². The maximum atomic E-state index is 12.4. The zero-order valence-electron chi connectivity index (χ0n) is 9.99. The molecule has 0 unspecified atom stereocenters. The molecule has 0 aliphatic heterocycles. The van der Waals surface area contributed by atoms with Crippen molar-refractivity contribution in [3.63, 3.8) is 0 Å². The predicted octanol–water partition coefficient (Wildman–Crippen LogP) is 1.90. The number of sulfonamides is 1. The summed E-state index contributed by atoms with van der Waals surface area (Å²) in [7, 11) is -4.68. The SMILES string of the molecule is NC(=S)C1(NS(=O)(=O)C(F)F)CCCCCCC1. The van der Waals surface area contributed by atoms with Gasteiger partial charge >= 0.3 is 5.76 Å². The van der Waals surface area contributed by atoms with Gasteiger partial charge in [0.05, 0.1) is 10.5 Å².